The lowest BCUT2D eigenvalue weighted by Crippen LogP contribution is -2.42. The Morgan fingerprint density at radius 3 is 2.36 bits per heavy atom. The van der Waals surface area contributed by atoms with Crippen molar-refractivity contribution in [3.63, 3.8) is 0 Å². The lowest BCUT2D eigenvalue weighted by Gasteiger charge is -2.20. The van der Waals surface area contributed by atoms with Crippen LogP contribution < -0.4 is 5.32 Å². The highest BCUT2D eigenvalue weighted by molar-refractivity contribution is 5.96. The van der Waals surface area contributed by atoms with E-state index in [2.05, 4.69) is 11.9 Å². The van der Waals surface area contributed by atoms with Crippen LogP contribution in [0.3, 0.4) is 0 Å². The highest BCUT2D eigenvalue weighted by Crippen LogP contribution is 2.09. The maximum atomic E-state index is 11.7. The zero-order valence-corrected chi connectivity index (χ0v) is 13.7. The van der Waals surface area contributed by atoms with Crippen molar-refractivity contribution >= 4 is 17.8 Å². The molecule has 0 aromatic heterocycles. The van der Waals surface area contributed by atoms with Crippen LogP contribution in [0.5, 0.6) is 0 Å². The minimum atomic E-state index is -1.10. The molecule has 2 N–H and O–H groups in total. The van der Waals surface area contributed by atoms with Gasteiger partial charge < -0.3 is 15.2 Å². The first-order valence-electron chi connectivity index (χ1n) is 7.50. The second-order valence-corrected chi connectivity index (χ2v) is 6.15. The Bertz CT molecular complexity index is 398. The molecule has 0 radical (unpaired) electrons. The van der Waals surface area contributed by atoms with Gasteiger partial charge in [0.2, 0.25) is 5.91 Å². The Kier molecular flexibility index (Phi) is 9.13. The minimum absolute atomic E-state index is 0.340. The third-order valence-electron chi connectivity index (χ3n) is 2.76. The largest absolute Gasteiger partial charge is 0.480 e. The molecule has 0 saturated carbocycles. The maximum absolute atomic E-state index is 11.7. The van der Waals surface area contributed by atoms with Crippen LogP contribution in [0.2, 0.25) is 0 Å². The number of carbonyl (C=O) groups excluding carboxylic acids is 2. The number of carbonyl (C=O) groups is 3. The van der Waals surface area contributed by atoms with E-state index in [-0.39, 0.29) is 0 Å². The molecule has 6 heteroatoms. The van der Waals surface area contributed by atoms with Gasteiger partial charge in [0.05, 0.1) is 0 Å². The van der Waals surface area contributed by atoms with Gasteiger partial charge in [-0.2, -0.15) is 0 Å². The number of hydrogen-bond donors (Lipinski definition) is 2. The lowest BCUT2D eigenvalue weighted by molar-refractivity contribution is -0.157. The number of nitrogens with one attached hydrogen (secondary N) is 1. The normalized spacial score (nSPS) is 12.3. The number of rotatable bonds is 10. The zero-order valence-electron chi connectivity index (χ0n) is 13.7. The molecule has 0 spiro atoms. The van der Waals surface area contributed by atoms with E-state index in [0.717, 1.165) is 19.3 Å². The molecule has 0 saturated heterocycles. The number of amides is 1. The SMILES string of the molecule is C=CCCCCCC(NC(=O)CC(=O)OC(C)(C)C)C(=O)O. The molecule has 0 aliphatic heterocycles. The van der Waals surface area contributed by atoms with Crippen molar-refractivity contribution in [3.05, 3.63) is 12.7 Å². The third-order valence-corrected chi connectivity index (χ3v) is 2.76. The molecular formula is C16H27NO5. The number of esters is 1. The van der Waals surface area contributed by atoms with Crippen LogP contribution in [0.1, 0.15) is 59.3 Å². The molecule has 0 bridgehead atoms. The Labute approximate surface area is 131 Å². The fraction of sp³-hybridized carbons (Fsp3) is 0.688. The Hall–Kier alpha value is -1.85. The summed E-state index contributed by atoms with van der Waals surface area (Å²) < 4.78 is 5.02. The molecule has 0 fully saturated rings. The van der Waals surface area contributed by atoms with Crippen LogP contribution in [0, 0.1) is 0 Å². The smallest absolute Gasteiger partial charge is 0.326 e. The van der Waals surface area contributed by atoms with Gasteiger partial charge in [-0.05, 0) is 40.0 Å². The van der Waals surface area contributed by atoms with E-state index < -0.39 is 35.9 Å². The predicted octanol–water partition coefficient (Wildman–Crippen LogP) is 2.42. The zero-order chi connectivity index (χ0) is 17.2. The summed E-state index contributed by atoms with van der Waals surface area (Å²) in [6.07, 6.45) is 5.08. The van der Waals surface area contributed by atoms with Crippen LogP contribution in [0.15, 0.2) is 12.7 Å². The second-order valence-electron chi connectivity index (χ2n) is 6.15. The van der Waals surface area contributed by atoms with E-state index >= 15 is 0 Å². The predicted molar refractivity (Wildman–Crippen MR) is 83.3 cm³/mol. The number of carboxylic acids is 1. The van der Waals surface area contributed by atoms with Crippen molar-refractivity contribution in [1.29, 1.82) is 0 Å². The molecular weight excluding hydrogens is 286 g/mol. The summed E-state index contributed by atoms with van der Waals surface area (Å²) in [5.74, 6) is -2.39. The summed E-state index contributed by atoms with van der Waals surface area (Å²) in [6, 6.07) is -0.973. The van der Waals surface area contributed by atoms with E-state index in [1.807, 2.05) is 6.08 Å². The molecule has 1 atom stereocenters. The van der Waals surface area contributed by atoms with Crippen molar-refractivity contribution in [1.82, 2.24) is 5.32 Å². The van der Waals surface area contributed by atoms with Crippen molar-refractivity contribution < 1.29 is 24.2 Å². The molecule has 0 aliphatic rings. The average molecular weight is 313 g/mol. The van der Waals surface area contributed by atoms with Gasteiger partial charge in [0.15, 0.2) is 0 Å². The van der Waals surface area contributed by atoms with Crippen molar-refractivity contribution in [2.24, 2.45) is 0 Å². The summed E-state index contributed by atoms with van der Waals surface area (Å²) in [7, 11) is 0. The molecule has 0 aliphatic carbocycles. The molecule has 1 amide bonds. The van der Waals surface area contributed by atoms with Gasteiger partial charge in [-0.1, -0.05) is 18.9 Å². The standard InChI is InChI=1S/C16H27NO5/c1-5-6-7-8-9-10-12(15(20)21)17-13(18)11-14(19)22-16(2,3)4/h5,12H,1,6-11H2,2-4H3,(H,17,18)(H,20,21). The maximum Gasteiger partial charge on any atom is 0.326 e. The van der Waals surface area contributed by atoms with E-state index in [4.69, 9.17) is 9.84 Å². The lowest BCUT2D eigenvalue weighted by atomic mass is 10.1. The number of carboxylic acid groups (broad SMARTS) is 1. The summed E-state index contributed by atoms with van der Waals surface area (Å²) in [6.45, 7) is 8.72. The molecule has 1 unspecified atom stereocenters. The Balaban J connectivity index is 4.21. The molecule has 0 rings (SSSR count). The minimum Gasteiger partial charge on any atom is -0.480 e. The summed E-state index contributed by atoms with van der Waals surface area (Å²) >= 11 is 0. The van der Waals surface area contributed by atoms with Gasteiger partial charge in [-0.25, -0.2) is 4.79 Å². The third kappa shape index (κ3) is 10.9. The van der Waals surface area contributed by atoms with E-state index in [9.17, 15) is 14.4 Å². The highest BCUT2D eigenvalue weighted by Gasteiger charge is 2.23. The van der Waals surface area contributed by atoms with Gasteiger partial charge in [0.1, 0.15) is 18.1 Å². The van der Waals surface area contributed by atoms with Gasteiger partial charge in [0, 0.05) is 0 Å². The second kappa shape index (κ2) is 9.97. The first-order chi connectivity index (χ1) is 10.2. The van der Waals surface area contributed by atoms with Gasteiger partial charge >= 0.3 is 11.9 Å². The quantitative estimate of drug-likeness (QED) is 0.280. The average Bonchev–Trinajstić information content (AvgIpc) is 2.34. The fourth-order valence-corrected chi connectivity index (χ4v) is 1.83. The molecule has 0 aromatic rings. The topological polar surface area (TPSA) is 92.7 Å². The highest BCUT2D eigenvalue weighted by atomic mass is 16.6. The van der Waals surface area contributed by atoms with E-state index in [1.54, 1.807) is 20.8 Å². The molecule has 6 nitrogen and oxygen atoms in total. The number of allylic oxidation sites excluding steroid dienone is 1. The Morgan fingerprint density at radius 2 is 1.86 bits per heavy atom. The van der Waals surface area contributed by atoms with Crippen molar-refractivity contribution in [2.75, 3.05) is 0 Å². The number of hydrogen-bond acceptors (Lipinski definition) is 4. The van der Waals surface area contributed by atoms with Gasteiger partial charge in [0.25, 0.3) is 0 Å². The molecule has 0 heterocycles. The van der Waals surface area contributed by atoms with Crippen LogP contribution in [-0.4, -0.2) is 34.6 Å². The summed E-state index contributed by atoms with van der Waals surface area (Å²) in [5, 5.41) is 11.5. The first-order valence-corrected chi connectivity index (χ1v) is 7.50. The summed E-state index contributed by atoms with van der Waals surface area (Å²) in [4.78, 5) is 34.3. The van der Waals surface area contributed by atoms with Crippen LogP contribution in [0.4, 0.5) is 0 Å². The molecule has 22 heavy (non-hydrogen) atoms. The van der Waals surface area contributed by atoms with Crippen molar-refractivity contribution in [2.45, 2.75) is 70.9 Å². The van der Waals surface area contributed by atoms with Crippen LogP contribution in [-0.2, 0) is 19.1 Å². The van der Waals surface area contributed by atoms with Crippen molar-refractivity contribution in [3.8, 4) is 0 Å². The van der Waals surface area contributed by atoms with Gasteiger partial charge in [-0.3, -0.25) is 9.59 Å². The van der Waals surface area contributed by atoms with E-state index in [1.165, 1.54) is 0 Å². The summed E-state index contributed by atoms with van der Waals surface area (Å²) in [5.41, 5.74) is -0.672. The number of ether oxygens (including phenoxy) is 1. The Morgan fingerprint density at radius 1 is 1.23 bits per heavy atom. The first kappa shape index (κ1) is 20.1. The number of unbranched alkanes of at least 4 members (excludes halogenated alkanes) is 3. The van der Waals surface area contributed by atoms with E-state index in [0.29, 0.717) is 12.8 Å². The monoisotopic (exact) mass is 313 g/mol. The molecule has 0 aromatic carbocycles. The fourth-order valence-electron chi connectivity index (χ4n) is 1.83. The van der Waals surface area contributed by atoms with Crippen LogP contribution >= 0.6 is 0 Å². The molecule has 126 valence electrons. The number of aliphatic carboxylic acids is 1. The van der Waals surface area contributed by atoms with Gasteiger partial charge in [-0.15, -0.1) is 6.58 Å². The van der Waals surface area contributed by atoms with Crippen LogP contribution in [0.25, 0.3) is 0 Å².